The van der Waals surface area contributed by atoms with Gasteiger partial charge in [-0.05, 0) is 74.6 Å². The Morgan fingerprint density at radius 1 is 1.17 bits per heavy atom. The van der Waals surface area contributed by atoms with Crippen LogP contribution in [0.15, 0.2) is 35.1 Å². The first-order chi connectivity index (χ1) is 14.1. The summed E-state index contributed by atoms with van der Waals surface area (Å²) in [5.41, 5.74) is 3.35. The van der Waals surface area contributed by atoms with Crippen molar-refractivity contribution in [2.75, 3.05) is 19.7 Å². The molecule has 1 amide bonds. The second kappa shape index (κ2) is 8.80. The van der Waals surface area contributed by atoms with Crippen molar-refractivity contribution < 1.29 is 9.53 Å². The molecule has 1 aliphatic heterocycles. The molecule has 1 aliphatic carbocycles. The number of hydrogen-bond donors (Lipinski definition) is 0. The largest absolute Gasteiger partial charge is 0.484 e. The highest BCUT2D eigenvalue weighted by atomic mass is 16.5. The van der Waals surface area contributed by atoms with Crippen LogP contribution in [-0.4, -0.2) is 40.3 Å². The van der Waals surface area contributed by atoms with E-state index in [4.69, 9.17) is 4.74 Å². The maximum atomic E-state index is 12.5. The first-order valence-corrected chi connectivity index (χ1v) is 10.7. The Bertz CT molecular complexity index is 929. The molecule has 2 aromatic rings. The molecule has 6 nitrogen and oxygen atoms in total. The average Bonchev–Trinajstić information content (AvgIpc) is 2.73. The predicted molar refractivity (Wildman–Crippen MR) is 111 cm³/mol. The Morgan fingerprint density at radius 3 is 2.76 bits per heavy atom. The number of fused-ring (bicyclic) bond motifs is 1. The number of carbonyl (C=O) groups is 1. The molecule has 1 fully saturated rings. The third kappa shape index (κ3) is 4.86. The van der Waals surface area contributed by atoms with E-state index in [9.17, 15) is 9.59 Å². The summed E-state index contributed by atoms with van der Waals surface area (Å²) >= 11 is 0. The van der Waals surface area contributed by atoms with E-state index in [0.29, 0.717) is 25.6 Å². The third-order valence-corrected chi connectivity index (χ3v) is 6.02. The zero-order valence-electron chi connectivity index (χ0n) is 17.1. The number of ether oxygens (including phenoxy) is 1. The van der Waals surface area contributed by atoms with Crippen molar-refractivity contribution in [1.29, 1.82) is 0 Å². The van der Waals surface area contributed by atoms with Gasteiger partial charge >= 0.3 is 0 Å². The molecular weight excluding hydrogens is 366 g/mol. The Labute approximate surface area is 171 Å². The summed E-state index contributed by atoms with van der Waals surface area (Å²) < 4.78 is 7.29. The lowest BCUT2D eigenvalue weighted by Crippen LogP contribution is -2.42. The lowest BCUT2D eigenvalue weighted by atomic mass is 9.96. The average molecular weight is 396 g/mol. The fourth-order valence-electron chi connectivity index (χ4n) is 4.28. The quantitative estimate of drug-likeness (QED) is 0.781. The highest BCUT2D eigenvalue weighted by molar-refractivity contribution is 5.77. The van der Waals surface area contributed by atoms with Gasteiger partial charge in [0.05, 0.1) is 5.69 Å². The smallest absolute Gasteiger partial charge is 0.267 e. The Morgan fingerprint density at radius 2 is 1.97 bits per heavy atom. The molecule has 0 saturated carbocycles. The topological polar surface area (TPSA) is 64.4 Å². The summed E-state index contributed by atoms with van der Waals surface area (Å²) in [4.78, 5) is 26.7. The molecule has 0 unspecified atom stereocenters. The minimum absolute atomic E-state index is 0.00992. The van der Waals surface area contributed by atoms with Gasteiger partial charge in [0.2, 0.25) is 0 Å². The molecule has 6 heteroatoms. The molecule has 0 atom stereocenters. The van der Waals surface area contributed by atoms with E-state index in [1.165, 1.54) is 0 Å². The van der Waals surface area contributed by atoms with Crippen molar-refractivity contribution in [2.24, 2.45) is 5.92 Å². The van der Waals surface area contributed by atoms with Crippen LogP contribution in [0.5, 0.6) is 5.75 Å². The van der Waals surface area contributed by atoms with Crippen LogP contribution in [0.25, 0.3) is 0 Å². The van der Waals surface area contributed by atoms with Gasteiger partial charge in [0.1, 0.15) is 5.75 Å². The lowest BCUT2D eigenvalue weighted by molar-refractivity contribution is -0.134. The standard InChI is InChI=1S/C23H29N3O3/c1-17-5-4-7-20(13-17)29-16-23(28)25-11-9-18(10-12-25)15-26-22(27)14-19-6-2-3-8-21(19)24-26/h4-5,7,13-14,18H,2-3,6,8-12,15-16H2,1H3. The van der Waals surface area contributed by atoms with Gasteiger partial charge < -0.3 is 9.64 Å². The first-order valence-electron chi connectivity index (χ1n) is 10.7. The number of carbonyl (C=O) groups excluding carboxylic acids is 1. The summed E-state index contributed by atoms with van der Waals surface area (Å²) in [6.07, 6.45) is 6.04. The molecule has 154 valence electrons. The van der Waals surface area contributed by atoms with Crippen LogP contribution in [0.1, 0.15) is 42.5 Å². The Kier molecular flexibility index (Phi) is 5.97. The molecule has 0 radical (unpaired) electrons. The van der Waals surface area contributed by atoms with E-state index in [1.54, 1.807) is 10.7 Å². The van der Waals surface area contributed by atoms with Crippen LogP contribution in [0.2, 0.25) is 0 Å². The summed E-state index contributed by atoms with van der Waals surface area (Å²) in [6.45, 7) is 4.14. The first kappa shape index (κ1) is 19.7. The van der Waals surface area contributed by atoms with Crippen LogP contribution in [0, 0.1) is 12.8 Å². The summed E-state index contributed by atoms with van der Waals surface area (Å²) in [7, 11) is 0. The van der Waals surface area contributed by atoms with Crippen molar-refractivity contribution in [3.63, 3.8) is 0 Å². The number of piperidine rings is 1. The molecule has 2 aliphatic rings. The molecule has 4 rings (SSSR count). The highest BCUT2D eigenvalue weighted by Crippen LogP contribution is 2.21. The number of rotatable bonds is 5. The van der Waals surface area contributed by atoms with E-state index >= 15 is 0 Å². The third-order valence-electron chi connectivity index (χ3n) is 6.02. The Balaban J connectivity index is 1.28. The zero-order chi connectivity index (χ0) is 20.2. The van der Waals surface area contributed by atoms with Crippen molar-refractivity contribution in [3.8, 4) is 5.75 Å². The maximum Gasteiger partial charge on any atom is 0.267 e. The van der Waals surface area contributed by atoms with E-state index in [2.05, 4.69) is 5.10 Å². The van der Waals surface area contributed by atoms with Gasteiger partial charge in [-0.25, -0.2) is 4.68 Å². The fourth-order valence-corrected chi connectivity index (χ4v) is 4.28. The van der Waals surface area contributed by atoms with Gasteiger partial charge in [-0.3, -0.25) is 9.59 Å². The summed E-state index contributed by atoms with van der Waals surface area (Å²) in [5, 5.41) is 4.63. The molecule has 0 bridgehead atoms. The van der Waals surface area contributed by atoms with Crippen LogP contribution in [-0.2, 0) is 24.2 Å². The van der Waals surface area contributed by atoms with E-state index in [0.717, 1.165) is 61.1 Å². The lowest BCUT2D eigenvalue weighted by Gasteiger charge is -2.32. The van der Waals surface area contributed by atoms with E-state index in [-0.39, 0.29) is 18.1 Å². The van der Waals surface area contributed by atoms with Gasteiger partial charge in [-0.2, -0.15) is 5.10 Å². The summed E-state index contributed by atoms with van der Waals surface area (Å²) in [6, 6.07) is 9.51. The Hall–Kier alpha value is -2.63. The molecular formula is C23H29N3O3. The fraction of sp³-hybridized carbons (Fsp3) is 0.522. The van der Waals surface area contributed by atoms with Gasteiger partial charge in [0, 0.05) is 25.7 Å². The molecule has 29 heavy (non-hydrogen) atoms. The molecule has 1 saturated heterocycles. The second-order valence-electron chi connectivity index (χ2n) is 8.27. The van der Waals surface area contributed by atoms with Gasteiger partial charge in [0.15, 0.2) is 6.61 Å². The van der Waals surface area contributed by atoms with Crippen LogP contribution < -0.4 is 10.3 Å². The SMILES string of the molecule is Cc1cccc(OCC(=O)N2CCC(Cn3nc4c(cc3=O)CCCC4)CC2)c1. The van der Waals surface area contributed by atoms with Crippen LogP contribution in [0.3, 0.4) is 0 Å². The van der Waals surface area contributed by atoms with Crippen molar-refractivity contribution >= 4 is 5.91 Å². The minimum Gasteiger partial charge on any atom is -0.484 e. The van der Waals surface area contributed by atoms with Crippen molar-refractivity contribution in [1.82, 2.24) is 14.7 Å². The monoisotopic (exact) mass is 395 g/mol. The molecule has 0 spiro atoms. The number of hydrogen-bond acceptors (Lipinski definition) is 4. The summed E-state index contributed by atoms with van der Waals surface area (Å²) in [5.74, 6) is 1.13. The van der Waals surface area contributed by atoms with Gasteiger partial charge in [0.25, 0.3) is 11.5 Å². The maximum absolute atomic E-state index is 12.5. The molecule has 2 heterocycles. The van der Waals surface area contributed by atoms with Crippen molar-refractivity contribution in [3.05, 3.63) is 57.5 Å². The van der Waals surface area contributed by atoms with E-state index < -0.39 is 0 Å². The number of benzene rings is 1. The molecule has 0 N–H and O–H groups in total. The normalized spacial score (nSPS) is 17.1. The number of aromatic nitrogens is 2. The highest BCUT2D eigenvalue weighted by Gasteiger charge is 2.24. The molecule has 1 aromatic carbocycles. The van der Waals surface area contributed by atoms with Crippen LogP contribution >= 0.6 is 0 Å². The van der Waals surface area contributed by atoms with Gasteiger partial charge in [-0.15, -0.1) is 0 Å². The minimum atomic E-state index is 0.00992. The van der Waals surface area contributed by atoms with Crippen LogP contribution in [0.4, 0.5) is 0 Å². The number of amides is 1. The second-order valence-corrected chi connectivity index (χ2v) is 8.27. The molecule has 1 aromatic heterocycles. The predicted octanol–water partition coefficient (Wildman–Crippen LogP) is 2.75. The zero-order valence-corrected chi connectivity index (χ0v) is 17.1. The van der Waals surface area contributed by atoms with Crippen molar-refractivity contribution in [2.45, 2.75) is 52.0 Å². The van der Waals surface area contributed by atoms with Gasteiger partial charge in [-0.1, -0.05) is 12.1 Å². The number of nitrogens with zero attached hydrogens (tertiary/aromatic N) is 3. The number of likely N-dealkylation sites (tertiary alicyclic amines) is 1. The number of aryl methyl sites for hydroxylation is 3. The van der Waals surface area contributed by atoms with E-state index in [1.807, 2.05) is 36.1 Å².